The lowest BCUT2D eigenvalue weighted by atomic mass is 10.1. The number of non-ortho nitro benzene ring substituents is 1. The van der Waals surface area contributed by atoms with Crippen LogP contribution in [0.3, 0.4) is 0 Å². The highest BCUT2D eigenvalue weighted by molar-refractivity contribution is 6.04. The number of nitrogens with one attached hydrogen (secondary N) is 2. The third kappa shape index (κ3) is 6.24. The highest BCUT2D eigenvalue weighted by Gasteiger charge is 2.12. The molecule has 3 aromatic rings. The fraction of sp³-hybridized carbons (Fsp3) is 0.167. The van der Waals surface area contributed by atoms with Crippen molar-refractivity contribution in [3.05, 3.63) is 106 Å². The van der Waals surface area contributed by atoms with Crippen LogP contribution in [0.15, 0.2) is 78.9 Å². The zero-order valence-electron chi connectivity index (χ0n) is 17.1. The molecular formula is C24H23N3O4. The van der Waals surface area contributed by atoms with Crippen LogP contribution in [0.1, 0.15) is 39.6 Å². The van der Waals surface area contributed by atoms with Gasteiger partial charge in [0.25, 0.3) is 17.5 Å². The van der Waals surface area contributed by atoms with E-state index in [9.17, 15) is 19.7 Å². The Hall–Kier alpha value is -4.00. The van der Waals surface area contributed by atoms with Gasteiger partial charge in [0, 0.05) is 35.0 Å². The van der Waals surface area contributed by atoms with Gasteiger partial charge in [-0.1, -0.05) is 30.3 Å². The van der Waals surface area contributed by atoms with Gasteiger partial charge in [0.05, 0.1) is 4.92 Å². The van der Waals surface area contributed by atoms with Crippen molar-refractivity contribution in [3.8, 4) is 0 Å². The highest BCUT2D eigenvalue weighted by Crippen LogP contribution is 2.15. The first-order chi connectivity index (χ1) is 14.9. The Morgan fingerprint density at radius 2 is 1.45 bits per heavy atom. The summed E-state index contributed by atoms with van der Waals surface area (Å²) in [5, 5.41) is 16.4. The fourth-order valence-electron chi connectivity index (χ4n) is 3.05. The molecule has 0 aliphatic carbocycles. The van der Waals surface area contributed by atoms with Crippen LogP contribution in [0.2, 0.25) is 0 Å². The average molecular weight is 417 g/mol. The predicted molar refractivity (Wildman–Crippen MR) is 119 cm³/mol. The number of anilines is 1. The molecule has 0 fully saturated rings. The Kier molecular flexibility index (Phi) is 7.11. The third-order valence-corrected chi connectivity index (χ3v) is 4.83. The molecule has 0 saturated heterocycles. The van der Waals surface area contributed by atoms with Crippen LogP contribution in [0, 0.1) is 10.1 Å². The number of carbonyl (C=O) groups is 2. The van der Waals surface area contributed by atoms with E-state index in [4.69, 9.17) is 0 Å². The topological polar surface area (TPSA) is 101 Å². The minimum absolute atomic E-state index is 0.0224. The van der Waals surface area contributed by atoms with Gasteiger partial charge in [-0.25, -0.2) is 0 Å². The van der Waals surface area contributed by atoms with E-state index in [1.807, 2.05) is 25.1 Å². The summed E-state index contributed by atoms with van der Waals surface area (Å²) in [7, 11) is 0. The summed E-state index contributed by atoms with van der Waals surface area (Å²) in [4.78, 5) is 34.9. The Balaban J connectivity index is 1.52. The summed E-state index contributed by atoms with van der Waals surface area (Å²) in [6.07, 6.45) is 1.72. The number of aryl methyl sites for hydroxylation is 1. The molecule has 1 unspecified atom stereocenters. The zero-order valence-corrected chi connectivity index (χ0v) is 17.1. The smallest absolute Gasteiger partial charge is 0.269 e. The van der Waals surface area contributed by atoms with Gasteiger partial charge in [-0.05, 0) is 61.7 Å². The van der Waals surface area contributed by atoms with Crippen molar-refractivity contribution in [1.82, 2.24) is 5.32 Å². The molecule has 0 aliphatic rings. The quantitative estimate of drug-likeness (QED) is 0.413. The largest absolute Gasteiger partial charge is 0.350 e. The maximum atomic E-state index is 12.5. The molecule has 31 heavy (non-hydrogen) atoms. The molecule has 0 radical (unpaired) electrons. The molecular weight excluding hydrogens is 394 g/mol. The van der Waals surface area contributed by atoms with Crippen molar-refractivity contribution in [2.45, 2.75) is 25.8 Å². The molecule has 0 bridgehead atoms. The minimum Gasteiger partial charge on any atom is -0.350 e. The first-order valence-corrected chi connectivity index (χ1v) is 9.93. The molecule has 0 spiro atoms. The van der Waals surface area contributed by atoms with Crippen molar-refractivity contribution in [2.75, 3.05) is 5.32 Å². The van der Waals surface area contributed by atoms with E-state index in [0.717, 1.165) is 12.8 Å². The number of benzene rings is 3. The van der Waals surface area contributed by atoms with E-state index in [1.54, 1.807) is 24.3 Å². The third-order valence-electron chi connectivity index (χ3n) is 4.83. The van der Waals surface area contributed by atoms with Gasteiger partial charge in [0.2, 0.25) is 0 Å². The number of carbonyl (C=O) groups excluding carboxylic acids is 2. The van der Waals surface area contributed by atoms with E-state index < -0.39 is 4.92 Å². The summed E-state index contributed by atoms with van der Waals surface area (Å²) in [5.41, 5.74) is 2.48. The molecule has 0 aromatic heterocycles. The first-order valence-electron chi connectivity index (χ1n) is 9.93. The van der Waals surface area contributed by atoms with Crippen molar-refractivity contribution < 1.29 is 14.5 Å². The summed E-state index contributed by atoms with van der Waals surface area (Å²) in [6.45, 7) is 1.97. The molecule has 0 saturated carbocycles. The van der Waals surface area contributed by atoms with Crippen LogP contribution in [0.4, 0.5) is 11.4 Å². The van der Waals surface area contributed by atoms with Gasteiger partial charge in [-0.15, -0.1) is 0 Å². The molecule has 0 aliphatic heterocycles. The Labute approximate surface area is 180 Å². The van der Waals surface area contributed by atoms with E-state index >= 15 is 0 Å². The summed E-state index contributed by atoms with van der Waals surface area (Å²) in [6, 6.07) is 22.1. The normalized spacial score (nSPS) is 11.4. The van der Waals surface area contributed by atoms with Crippen LogP contribution < -0.4 is 10.6 Å². The van der Waals surface area contributed by atoms with Gasteiger partial charge in [0.15, 0.2) is 0 Å². The average Bonchev–Trinajstić information content (AvgIpc) is 2.79. The number of hydrogen-bond acceptors (Lipinski definition) is 4. The lowest BCUT2D eigenvalue weighted by Gasteiger charge is -2.14. The van der Waals surface area contributed by atoms with Crippen molar-refractivity contribution in [1.29, 1.82) is 0 Å². The van der Waals surface area contributed by atoms with Crippen LogP contribution in [-0.4, -0.2) is 22.8 Å². The molecule has 7 nitrogen and oxygen atoms in total. The fourth-order valence-corrected chi connectivity index (χ4v) is 3.05. The first kappa shape index (κ1) is 21.7. The molecule has 3 aromatic carbocycles. The monoisotopic (exact) mass is 417 g/mol. The lowest BCUT2D eigenvalue weighted by Crippen LogP contribution is -2.32. The Morgan fingerprint density at radius 3 is 2.06 bits per heavy atom. The highest BCUT2D eigenvalue weighted by atomic mass is 16.6. The number of nitro benzene ring substituents is 1. The van der Waals surface area contributed by atoms with Gasteiger partial charge >= 0.3 is 0 Å². The van der Waals surface area contributed by atoms with Crippen molar-refractivity contribution in [2.24, 2.45) is 0 Å². The second-order valence-electron chi connectivity index (χ2n) is 7.23. The Morgan fingerprint density at radius 1 is 0.871 bits per heavy atom. The molecule has 3 rings (SSSR count). The SMILES string of the molecule is CC(CCc1ccccc1)NC(=O)c1ccc(NC(=O)c2ccc([N+](=O)[O-])cc2)cc1. The molecule has 158 valence electrons. The second-order valence-corrected chi connectivity index (χ2v) is 7.23. The standard InChI is InChI=1S/C24H23N3O4/c1-17(7-8-18-5-3-2-4-6-18)25-23(28)19-9-13-21(14-10-19)26-24(29)20-11-15-22(16-12-20)27(30)31/h2-6,9-17H,7-8H2,1H3,(H,25,28)(H,26,29). The van der Waals surface area contributed by atoms with Gasteiger partial charge in [-0.3, -0.25) is 19.7 Å². The van der Waals surface area contributed by atoms with E-state index in [-0.39, 0.29) is 23.5 Å². The Bertz CT molecular complexity index is 1050. The predicted octanol–water partition coefficient (Wildman–Crippen LogP) is 4.60. The number of nitro groups is 1. The lowest BCUT2D eigenvalue weighted by molar-refractivity contribution is -0.384. The summed E-state index contributed by atoms with van der Waals surface area (Å²) in [5.74, 6) is -0.560. The van der Waals surface area contributed by atoms with Crippen LogP contribution in [0.5, 0.6) is 0 Å². The second kappa shape index (κ2) is 10.2. The molecule has 1 atom stereocenters. The molecule has 2 amide bonds. The maximum absolute atomic E-state index is 12.5. The van der Waals surface area contributed by atoms with Crippen LogP contribution in [0.25, 0.3) is 0 Å². The summed E-state index contributed by atoms with van der Waals surface area (Å²) < 4.78 is 0. The molecule has 2 N–H and O–H groups in total. The summed E-state index contributed by atoms with van der Waals surface area (Å²) >= 11 is 0. The van der Waals surface area contributed by atoms with Crippen LogP contribution >= 0.6 is 0 Å². The zero-order chi connectivity index (χ0) is 22.2. The number of hydrogen-bond donors (Lipinski definition) is 2. The van der Waals surface area contributed by atoms with Gasteiger partial charge < -0.3 is 10.6 Å². The van der Waals surface area contributed by atoms with E-state index in [0.29, 0.717) is 16.8 Å². The van der Waals surface area contributed by atoms with Gasteiger partial charge in [-0.2, -0.15) is 0 Å². The maximum Gasteiger partial charge on any atom is 0.269 e. The van der Waals surface area contributed by atoms with Crippen LogP contribution in [-0.2, 0) is 6.42 Å². The van der Waals surface area contributed by atoms with Gasteiger partial charge in [0.1, 0.15) is 0 Å². The molecule has 0 heterocycles. The van der Waals surface area contributed by atoms with Crippen molar-refractivity contribution >= 4 is 23.2 Å². The van der Waals surface area contributed by atoms with Crippen molar-refractivity contribution in [3.63, 3.8) is 0 Å². The number of rotatable bonds is 8. The van der Waals surface area contributed by atoms with E-state index in [2.05, 4.69) is 22.8 Å². The minimum atomic E-state index is -0.520. The number of amides is 2. The van der Waals surface area contributed by atoms with E-state index in [1.165, 1.54) is 29.8 Å². The molecule has 7 heteroatoms. The number of nitrogens with zero attached hydrogens (tertiary/aromatic N) is 1.